The molecule has 132 valence electrons. The first-order chi connectivity index (χ1) is 11.6. The molecule has 1 N–H and O–H groups in total. The summed E-state index contributed by atoms with van der Waals surface area (Å²) >= 11 is 0. The SMILES string of the molecule is CN1CCOC2(CCN(c3nccc(N4CCC(O)C4)n3)CC2)C1. The Morgan fingerprint density at radius 2 is 2.04 bits per heavy atom. The summed E-state index contributed by atoms with van der Waals surface area (Å²) in [6.45, 7) is 6.27. The van der Waals surface area contributed by atoms with Crippen LogP contribution in [0, 0.1) is 0 Å². The predicted octanol–water partition coefficient (Wildman–Crippen LogP) is 0.349. The minimum Gasteiger partial charge on any atom is -0.391 e. The molecule has 0 amide bonds. The fourth-order valence-corrected chi connectivity index (χ4v) is 4.07. The second-order valence-corrected chi connectivity index (χ2v) is 7.36. The third kappa shape index (κ3) is 3.20. The molecule has 0 aliphatic carbocycles. The van der Waals surface area contributed by atoms with Gasteiger partial charge in [-0.05, 0) is 32.4 Å². The number of aliphatic hydroxyl groups excluding tert-OH is 1. The zero-order valence-electron chi connectivity index (χ0n) is 14.4. The lowest BCUT2D eigenvalue weighted by molar-refractivity contribution is -0.115. The van der Waals surface area contributed by atoms with Crippen LogP contribution in [0.1, 0.15) is 19.3 Å². The molecule has 1 unspecified atom stereocenters. The molecule has 24 heavy (non-hydrogen) atoms. The van der Waals surface area contributed by atoms with Gasteiger partial charge in [-0.1, -0.05) is 0 Å². The van der Waals surface area contributed by atoms with Gasteiger partial charge in [0.05, 0.1) is 18.3 Å². The molecule has 0 saturated carbocycles. The van der Waals surface area contributed by atoms with E-state index in [0.717, 1.165) is 70.4 Å². The van der Waals surface area contributed by atoms with Crippen LogP contribution in [0.3, 0.4) is 0 Å². The van der Waals surface area contributed by atoms with Gasteiger partial charge in [-0.15, -0.1) is 0 Å². The second kappa shape index (κ2) is 6.46. The number of likely N-dealkylation sites (N-methyl/N-ethyl adjacent to an activating group) is 1. The smallest absolute Gasteiger partial charge is 0.227 e. The Bertz CT molecular complexity index is 576. The molecule has 3 aliphatic heterocycles. The number of piperidine rings is 1. The summed E-state index contributed by atoms with van der Waals surface area (Å²) in [7, 11) is 2.17. The zero-order valence-corrected chi connectivity index (χ0v) is 14.4. The molecule has 4 rings (SSSR count). The van der Waals surface area contributed by atoms with Gasteiger partial charge in [0.1, 0.15) is 5.82 Å². The summed E-state index contributed by atoms with van der Waals surface area (Å²) in [4.78, 5) is 16.0. The van der Waals surface area contributed by atoms with E-state index in [1.165, 1.54) is 0 Å². The van der Waals surface area contributed by atoms with Crippen LogP contribution in [0.2, 0.25) is 0 Å². The number of rotatable bonds is 2. The number of hydrogen-bond donors (Lipinski definition) is 1. The maximum Gasteiger partial charge on any atom is 0.227 e. The van der Waals surface area contributed by atoms with Crippen molar-refractivity contribution in [2.45, 2.75) is 31.0 Å². The van der Waals surface area contributed by atoms with Crippen LogP contribution in [0.15, 0.2) is 12.3 Å². The second-order valence-electron chi connectivity index (χ2n) is 7.36. The zero-order chi connectivity index (χ0) is 16.6. The Labute approximate surface area is 143 Å². The number of anilines is 2. The van der Waals surface area contributed by atoms with Crippen molar-refractivity contribution in [3.05, 3.63) is 12.3 Å². The lowest BCUT2D eigenvalue weighted by Crippen LogP contribution is -2.56. The average Bonchev–Trinajstić information content (AvgIpc) is 3.02. The van der Waals surface area contributed by atoms with Crippen LogP contribution in [0.4, 0.5) is 11.8 Å². The maximum atomic E-state index is 9.73. The van der Waals surface area contributed by atoms with E-state index in [2.05, 4.69) is 26.7 Å². The van der Waals surface area contributed by atoms with E-state index in [1.54, 1.807) is 0 Å². The predicted molar refractivity (Wildman–Crippen MR) is 92.5 cm³/mol. The van der Waals surface area contributed by atoms with E-state index in [4.69, 9.17) is 9.72 Å². The molecule has 1 atom stereocenters. The minimum absolute atomic E-state index is 0.0141. The van der Waals surface area contributed by atoms with Crippen molar-refractivity contribution in [1.82, 2.24) is 14.9 Å². The van der Waals surface area contributed by atoms with Gasteiger partial charge in [0, 0.05) is 45.5 Å². The molecule has 1 spiro atoms. The van der Waals surface area contributed by atoms with Crippen molar-refractivity contribution in [3.63, 3.8) is 0 Å². The van der Waals surface area contributed by atoms with Gasteiger partial charge in [-0.2, -0.15) is 4.98 Å². The van der Waals surface area contributed by atoms with Crippen LogP contribution in [0.5, 0.6) is 0 Å². The normalized spacial score (nSPS) is 27.8. The molecule has 4 heterocycles. The van der Waals surface area contributed by atoms with Gasteiger partial charge in [0.15, 0.2) is 0 Å². The quantitative estimate of drug-likeness (QED) is 0.838. The topological polar surface area (TPSA) is 65.0 Å². The lowest BCUT2D eigenvalue weighted by Gasteiger charge is -2.46. The van der Waals surface area contributed by atoms with Crippen LogP contribution < -0.4 is 9.80 Å². The van der Waals surface area contributed by atoms with Gasteiger partial charge in [0.2, 0.25) is 5.95 Å². The number of morpholine rings is 1. The largest absolute Gasteiger partial charge is 0.391 e. The summed E-state index contributed by atoms with van der Waals surface area (Å²) in [6.07, 6.45) is 4.45. The van der Waals surface area contributed by atoms with Crippen molar-refractivity contribution < 1.29 is 9.84 Å². The van der Waals surface area contributed by atoms with Gasteiger partial charge in [0.25, 0.3) is 0 Å². The lowest BCUT2D eigenvalue weighted by atomic mass is 9.89. The molecule has 0 aromatic carbocycles. The van der Waals surface area contributed by atoms with Crippen molar-refractivity contribution in [2.24, 2.45) is 0 Å². The van der Waals surface area contributed by atoms with Gasteiger partial charge < -0.3 is 24.5 Å². The van der Waals surface area contributed by atoms with Crippen LogP contribution >= 0.6 is 0 Å². The van der Waals surface area contributed by atoms with E-state index < -0.39 is 0 Å². The maximum absolute atomic E-state index is 9.73. The number of aliphatic hydroxyl groups is 1. The molecule has 7 nitrogen and oxygen atoms in total. The van der Waals surface area contributed by atoms with Gasteiger partial charge in [-0.25, -0.2) is 4.98 Å². The number of β-amino-alcohol motifs (C(OH)–C–C–N with tert-alkyl or cyclic N) is 1. The van der Waals surface area contributed by atoms with E-state index >= 15 is 0 Å². The summed E-state index contributed by atoms with van der Waals surface area (Å²) in [5.41, 5.74) is 0.0141. The summed E-state index contributed by atoms with van der Waals surface area (Å²) in [5, 5.41) is 9.73. The average molecular weight is 333 g/mol. The van der Waals surface area contributed by atoms with Crippen LogP contribution in [-0.4, -0.2) is 84.6 Å². The van der Waals surface area contributed by atoms with E-state index in [0.29, 0.717) is 6.54 Å². The first kappa shape index (κ1) is 16.1. The Balaban J connectivity index is 1.42. The van der Waals surface area contributed by atoms with Crippen LogP contribution in [0.25, 0.3) is 0 Å². The molecule has 1 aromatic heterocycles. The van der Waals surface area contributed by atoms with Crippen LogP contribution in [-0.2, 0) is 4.74 Å². The third-order valence-corrected chi connectivity index (χ3v) is 5.51. The number of aromatic nitrogens is 2. The first-order valence-electron chi connectivity index (χ1n) is 8.97. The fourth-order valence-electron chi connectivity index (χ4n) is 4.07. The summed E-state index contributed by atoms with van der Waals surface area (Å²) < 4.78 is 6.13. The Kier molecular flexibility index (Phi) is 4.32. The van der Waals surface area contributed by atoms with E-state index in [-0.39, 0.29) is 11.7 Å². The van der Waals surface area contributed by atoms with E-state index in [9.17, 15) is 5.11 Å². The molecule has 3 aliphatic rings. The Morgan fingerprint density at radius 1 is 1.21 bits per heavy atom. The molecular weight excluding hydrogens is 306 g/mol. The van der Waals surface area contributed by atoms with Gasteiger partial charge >= 0.3 is 0 Å². The molecule has 3 saturated heterocycles. The van der Waals surface area contributed by atoms with Crippen molar-refractivity contribution in [3.8, 4) is 0 Å². The summed E-state index contributed by atoms with van der Waals surface area (Å²) in [5.74, 6) is 1.72. The number of nitrogens with zero attached hydrogens (tertiary/aromatic N) is 5. The molecule has 1 aromatic rings. The number of ether oxygens (including phenoxy) is 1. The Morgan fingerprint density at radius 3 is 2.75 bits per heavy atom. The minimum atomic E-state index is -0.237. The first-order valence-corrected chi connectivity index (χ1v) is 8.97. The molecule has 3 fully saturated rings. The molecule has 0 bridgehead atoms. The molecular formula is C17H27N5O2. The fraction of sp³-hybridized carbons (Fsp3) is 0.765. The van der Waals surface area contributed by atoms with Crippen molar-refractivity contribution in [2.75, 3.05) is 62.7 Å². The highest BCUT2D eigenvalue weighted by Crippen LogP contribution is 2.31. The highest BCUT2D eigenvalue weighted by molar-refractivity contribution is 5.45. The number of hydrogen-bond acceptors (Lipinski definition) is 7. The molecule has 0 radical (unpaired) electrons. The van der Waals surface area contributed by atoms with E-state index in [1.807, 2.05) is 12.3 Å². The van der Waals surface area contributed by atoms with Gasteiger partial charge in [-0.3, -0.25) is 0 Å². The standard InChI is InChI=1S/C17H27N5O2/c1-20-10-11-24-17(13-20)4-8-21(9-5-17)16-18-6-2-15(19-16)22-7-3-14(23)12-22/h2,6,14,23H,3-5,7-13H2,1H3. The Hall–Kier alpha value is -1.44. The van der Waals surface area contributed by atoms with Crippen molar-refractivity contribution >= 4 is 11.8 Å². The molecule has 7 heteroatoms. The monoisotopic (exact) mass is 333 g/mol. The highest BCUT2D eigenvalue weighted by Gasteiger charge is 2.39. The summed E-state index contributed by atoms with van der Waals surface area (Å²) in [6, 6.07) is 1.94. The third-order valence-electron chi connectivity index (χ3n) is 5.51. The van der Waals surface area contributed by atoms with Crippen molar-refractivity contribution in [1.29, 1.82) is 0 Å². The highest BCUT2D eigenvalue weighted by atomic mass is 16.5.